The summed E-state index contributed by atoms with van der Waals surface area (Å²) in [7, 11) is 0. The predicted molar refractivity (Wildman–Crippen MR) is 49.0 cm³/mol. The maximum atomic E-state index is 12.6. The molecule has 4 heteroatoms. The Bertz CT molecular complexity index is 304. The van der Waals surface area contributed by atoms with Crippen molar-refractivity contribution in [3.8, 4) is 0 Å². The van der Waals surface area contributed by atoms with Crippen LogP contribution in [0.25, 0.3) is 0 Å². The number of hydrogen-bond donors (Lipinski definition) is 1. The van der Waals surface area contributed by atoms with E-state index < -0.39 is 12.1 Å². The molecule has 1 aromatic rings. The van der Waals surface area contributed by atoms with Crippen LogP contribution < -0.4 is 0 Å². The summed E-state index contributed by atoms with van der Waals surface area (Å²) in [6.07, 6.45) is 0.650. The Hall–Kier alpha value is -0.670. The topological polar surface area (TPSA) is 33.1 Å². The molecular weight excluding hydrogens is 193 g/mol. The van der Waals surface area contributed by atoms with Gasteiger partial charge in [-0.05, 0) is 12.0 Å². The minimum absolute atomic E-state index is 0.0581. The van der Waals surface area contributed by atoms with Gasteiger partial charge in [-0.25, -0.2) is 4.98 Å². The summed E-state index contributed by atoms with van der Waals surface area (Å²) in [5.74, 6) is -0.648. The Morgan fingerprint density at radius 2 is 2.15 bits per heavy atom. The molecule has 1 N–H and O–H groups in total. The molecule has 0 aliphatic carbocycles. The second kappa shape index (κ2) is 4.03. The highest BCUT2D eigenvalue weighted by Crippen LogP contribution is 2.23. The van der Waals surface area contributed by atoms with Crippen molar-refractivity contribution in [2.75, 3.05) is 0 Å². The van der Waals surface area contributed by atoms with Gasteiger partial charge >= 0.3 is 0 Å². The average molecular weight is 204 g/mol. The van der Waals surface area contributed by atoms with Crippen LogP contribution in [0.4, 0.5) is 4.39 Å². The Morgan fingerprint density at radius 1 is 1.54 bits per heavy atom. The molecule has 0 saturated heterocycles. The van der Waals surface area contributed by atoms with E-state index in [4.69, 9.17) is 11.6 Å². The Labute approximate surface area is 81.4 Å². The number of rotatable bonds is 2. The Balaban J connectivity index is 2.97. The van der Waals surface area contributed by atoms with Crippen LogP contribution in [0.15, 0.2) is 12.3 Å². The van der Waals surface area contributed by atoms with Gasteiger partial charge in [-0.2, -0.15) is 4.39 Å². The molecule has 0 saturated carbocycles. The molecule has 1 atom stereocenters. The van der Waals surface area contributed by atoms with E-state index >= 15 is 0 Å². The quantitative estimate of drug-likeness (QED) is 0.750. The lowest BCUT2D eigenvalue weighted by molar-refractivity contribution is 0.126. The standard InChI is InChI=1S/C9H11ClFNO/c1-5(2)8(13)6-3-7(10)9(11)12-4-6/h3-5,8,13H,1-2H3. The lowest BCUT2D eigenvalue weighted by atomic mass is 10.0. The molecule has 1 heterocycles. The van der Waals surface area contributed by atoms with Crippen molar-refractivity contribution in [1.29, 1.82) is 0 Å². The van der Waals surface area contributed by atoms with Crippen molar-refractivity contribution in [2.45, 2.75) is 20.0 Å². The first kappa shape index (κ1) is 10.4. The van der Waals surface area contributed by atoms with Crippen molar-refractivity contribution in [3.05, 3.63) is 28.8 Å². The van der Waals surface area contributed by atoms with E-state index in [0.717, 1.165) is 0 Å². The minimum Gasteiger partial charge on any atom is -0.388 e. The van der Waals surface area contributed by atoms with Gasteiger partial charge in [-0.15, -0.1) is 0 Å². The molecule has 72 valence electrons. The van der Waals surface area contributed by atoms with Crippen LogP contribution in [0.2, 0.25) is 5.02 Å². The van der Waals surface area contributed by atoms with Gasteiger partial charge in [-0.1, -0.05) is 25.4 Å². The van der Waals surface area contributed by atoms with Crippen molar-refractivity contribution < 1.29 is 9.50 Å². The third-order valence-electron chi connectivity index (χ3n) is 1.79. The first-order valence-corrected chi connectivity index (χ1v) is 4.39. The monoisotopic (exact) mass is 203 g/mol. The van der Waals surface area contributed by atoms with E-state index in [1.807, 2.05) is 13.8 Å². The highest BCUT2D eigenvalue weighted by molar-refractivity contribution is 6.30. The largest absolute Gasteiger partial charge is 0.388 e. The van der Waals surface area contributed by atoms with E-state index in [0.29, 0.717) is 5.56 Å². The van der Waals surface area contributed by atoms with Gasteiger partial charge < -0.3 is 5.11 Å². The predicted octanol–water partition coefficient (Wildman–Crippen LogP) is 2.56. The zero-order chi connectivity index (χ0) is 10.0. The summed E-state index contributed by atoms with van der Waals surface area (Å²) in [6, 6.07) is 1.40. The van der Waals surface area contributed by atoms with Gasteiger partial charge in [0.15, 0.2) is 0 Å². The van der Waals surface area contributed by atoms with E-state index in [9.17, 15) is 9.50 Å². The maximum Gasteiger partial charge on any atom is 0.231 e. The fourth-order valence-corrected chi connectivity index (χ4v) is 1.16. The van der Waals surface area contributed by atoms with Crippen molar-refractivity contribution in [1.82, 2.24) is 4.98 Å². The maximum absolute atomic E-state index is 12.6. The van der Waals surface area contributed by atoms with Gasteiger partial charge in [0.25, 0.3) is 0 Å². The van der Waals surface area contributed by atoms with Crippen molar-refractivity contribution >= 4 is 11.6 Å². The molecule has 0 aliphatic heterocycles. The van der Waals surface area contributed by atoms with Crippen LogP contribution in [0.1, 0.15) is 25.5 Å². The molecule has 0 radical (unpaired) electrons. The highest BCUT2D eigenvalue weighted by Gasteiger charge is 2.13. The SMILES string of the molecule is CC(C)C(O)c1cnc(F)c(Cl)c1. The highest BCUT2D eigenvalue weighted by atomic mass is 35.5. The summed E-state index contributed by atoms with van der Waals surface area (Å²) in [5.41, 5.74) is 0.543. The second-order valence-corrected chi connectivity index (χ2v) is 3.64. The fourth-order valence-electron chi connectivity index (χ4n) is 0.983. The van der Waals surface area contributed by atoms with E-state index in [1.165, 1.54) is 12.3 Å². The van der Waals surface area contributed by atoms with E-state index in [2.05, 4.69) is 4.98 Å². The van der Waals surface area contributed by atoms with Crippen LogP contribution >= 0.6 is 11.6 Å². The molecule has 0 aromatic carbocycles. The molecule has 0 spiro atoms. The first-order chi connectivity index (χ1) is 6.02. The average Bonchev–Trinajstić information content (AvgIpc) is 2.08. The van der Waals surface area contributed by atoms with Crippen LogP contribution in [0.5, 0.6) is 0 Å². The number of halogens is 2. The molecule has 0 aliphatic rings. The van der Waals surface area contributed by atoms with Crippen LogP contribution in [0.3, 0.4) is 0 Å². The summed E-state index contributed by atoms with van der Waals surface area (Å²) in [6.45, 7) is 3.73. The fraction of sp³-hybridized carbons (Fsp3) is 0.444. The second-order valence-electron chi connectivity index (χ2n) is 3.23. The number of pyridine rings is 1. The zero-order valence-electron chi connectivity index (χ0n) is 7.46. The number of aliphatic hydroxyl groups is 1. The summed E-state index contributed by atoms with van der Waals surface area (Å²) >= 11 is 5.51. The van der Waals surface area contributed by atoms with E-state index in [1.54, 1.807) is 0 Å². The zero-order valence-corrected chi connectivity index (χ0v) is 8.22. The minimum atomic E-state index is -0.707. The number of aliphatic hydroxyl groups excluding tert-OH is 1. The Kier molecular flexibility index (Phi) is 3.22. The van der Waals surface area contributed by atoms with Crippen molar-refractivity contribution in [3.63, 3.8) is 0 Å². The van der Waals surface area contributed by atoms with Crippen LogP contribution in [-0.4, -0.2) is 10.1 Å². The molecule has 2 nitrogen and oxygen atoms in total. The lowest BCUT2D eigenvalue weighted by Gasteiger charge is -2.14. The molecule has 13 heavy (non-hydrogen) atoms. The molecule has 0 fully saturated rings. The van der Waals surface area contributed by atoms with Crippen LogP contribution in [0, 0.1) is 11.9 Å². The van der Waals surface area contributed by atoms with Gasteiger partial charge in [0.2, 0.25) is 5.95 Å². The van der Waals surface area contributed by atoms with E-state index in [-0.39, 0.29) is 10.9 Å². The van der Waals surface area contributed by atoms with Gasteiger partial charge in [0.05, 0.1) is 11.1 Å². The van der Waals surface area contributed by atoms with Gasteiger partial charge in [0.1, 0.15) is 0 Å². The molecule has 1 unspecified atom stereocenters. The molecule has 0 amide bonds. The summed E-state index contributed by atoms with van der Waals surface area (Å²) in [5, 5.41) is 9.53. The number of nitrogens with zero attached hydrogens (tertiary/aromatic N) is 1. The number of hydrogen-bond acceptors (Lipinski definition) is 2. The molecule has 1 rings (SSSR count). The summed E-state index contributed by atoms with van der Waals surface area (Å²) in [4.78, 5) is 3.42. The third-order valence-corrected chi connectivity index (χ3v) is 2.06. The van der Waals surface area contributed by atoms with Crippen LogP contribution in [-0.2, 0) is 0 Å². The summed E-state index contributed by atoms with van der Waals surface area (Å²) < 4.78 is 12.6. The molecular formula is C9H11ClFNO. The molecule has 0 bridgehead atoms. The smallest absolute Gasteiger partial charge is 0.231 e. The van der Waals surface area contributed by atoms with Gasteiger partial charge in [-0.3, -0.25) is 0 Å². The third kappa shape index (κ3) is 2.39. The lowest BCUT2D eigenvalue weighted by Crippen LogP contribution is -2.06. The first-order valence-electron chi connectivity index (χ1n) is 4.01. The normalized spacial score (nSPS) is 13.4. The molecule has 1 aromatic heterocycles. The Morgan fingerprint density at radius 3 is 2.62 bits per heavy atom. The number of aromatic nitrogens is 1. The van der Waals surface area contributed by atoms with Gasteiger partial charge in [0, 0.05) is 11.8 Å². The van der Waals surface area contributed by atoms with Crippen molar-refractivity contribution in [2.24, 2.45) is 5.92 Å².